The van der Waals surface area contributed by atoms with E-state index in [0.717, 1.165) is 54.1 Å². The molecule has 3 heterocycles. The van der Waals surface area contributed by atoms with E-state index in [-0.39, 0.29) is 24.3 Å². The van der Waals surface area contributed by atoms with Gasteiger partial charge in [-0.2, -0.15) is 0 Å². The molecule has 10 heteroatoms. The molecule has 3 aliphatic heterocycles. The number of benzene rings is 3. The summed E-state index contributed by atoms with van der Waals surface area (Å²) in [5.41, 5.74) is 4.63. The number of hydrogen-bond acceptors (Lipinski definition) is 9. The third kappa shape index (κ3) is 3.60. The zero-order valence-electron chi connectivity index (χ0n) is 17.9. The molecule has 0 aliphatic carbocycles. The summed E-state index contributed by atoms with van der Waals surface area (Å²) in [6.45, 7) is 1.78. The molecule has 3 aromatic rings. The van der Waals surface area contributed by atoms with Gasteiger partial charge in [0.1, 0.15) is 0 Å². The number of hydrogen-bond donors (Lipinski definition) is 1. The number of nitro benzene ring substituents is 1. The molecule has 174 valence electrons. The molecular weight excluding hydrogens is 460 g/mol. The van der Waals surface area contributed by atoms with E-state index >= 15 is 0 Å². The Morgan fingerprint density at radius 3 is 2.65 bits per heavy atom. The monoisotopic (exact) mass is 480 g/mol. The minimum atomic E-state index is -0.443. The molecule has 34 heavy (non-hydrogen) atoms. The van der Waals surface area contributed by atoms with E-state index in [1.807, 2.05) is 6.07 Å². The predicted octanol–water partition coefficient (Wildman–Crippen LogP) is 4.92. The van der Waals surface area contributed by atoms with Crippen molar-refractivity contribution >= 4 is 17.7 Å². The Bertz CT molecular complexity index is 1280. The average molecular weight is 480 g/mol. The minimum absolute atomic E-state index is 0.0137. The SMILES string of the molecule is O=[N+]([O-])c1ccc(SOc2c(OO)ccc3c2CN2CCc4cc5c(cc4C2C3)OCO5)cc1. The van der Waals surface area contributed by atoms with Gasteiger partial charge in [0.05, 0.1) is 17.0 Å². The van der Waals surface area contributed by atoms with Crippen molar-refractivity contribution in [2.24, 2.45) is 0 Å². The molecule has 3 aliphatic rings. The molecule has 0 bridgehead atoms. The lowest BCUT2D eigenvalue weighted by Gasteiger charge is -2.41. The molecular formula is C24H20N2O7S. The summed E-state index contributed by atoms with van der Waals surface area (Å²) in [5, 5.41) is 20.4. The fourth-order valence-corrected chi connectivity index (χ4v) is 5.48. The van der Waals surface area contributed by atoms with E-state index in [9.17, 15) is 15.4 Å². The molecule has 0 saturated heterocycles. The van der Waals surface area contributed by atoms with Gasteiger partial charge in [0.25, 0.3) is 5.69 Å². The Labute approximate surface area is 199 Å². The van der Waals surface area contributed by atoms with E-state index in [4.69, 9.17) is 13.7 Å². The van der Waals surface area contributed by atoms with Gasteiger partial charge in [0, 0.05) is 41.7 Å². The number of fused-ring (bicyclic) bond motifs is 5. The van der Waals surface area contributed by atoms with Crippen molar-refractivity contribution in [3.05, 3.63) is 80.9 Å². The van der Waals surface area contributed by atoms with Crippen LogP contribution in [-0.2, 0) is 19.4 Å². The van der Waals surface area contributed by atoms with Gasteiger partial charge >= 0.3 is 0 Å². The summed E-state index contributed by atoms with van der Waals surface area (Å²) in [6.07, 6.45) is 1.69. The Morgan fingerprint density at radius 1 is 1.09 bits per heavy atom. The maximum absolute atomic E-state index is 10.9. The second-order valence-electron chi connectivity index (χ2n) is 8.38. The summed E-state index contributed by atoms with van der Waals surface area (Å²) in [6, 6.07) is 14.2. The molecule has 3 aromatic carbocycles. The second-order valence-corrected chi connectivity index (χ2v) is 9.19. The fraction of sp³-hybridized carbons (Fsp3) is 0.250. The molecule has 9 nitrogen and oxygen atoms in total. The van der Waals surface area contributed by atoms with E-state index in [0.29, 0.717) is 17.2 Å². The lowest BCUT2D eigenvalue weighted by atomic mass is 9.83. The molecule has 0 amide bonds. The van der Waals surface area contributed by atoms with Gasteiger partial charge in [0.15, 0.2) is 17.2 Å². The Hall–Kier alpha value is -3.47. The fourth-order valence-electron chi connectivity index (χ4n) is 4.87. The van der Waals surface area contributed by atoms with Crippen LogP contribution >= 0.6 is 12.0 Å². The number of rotatable bonds is 5. The van der Waals surface area contributed by atoms with E-state index in [1.165, 1.54) is 23.3 Å². The average Bonchev–Trinajstić information content (AvgIpc) is 3.32. The van der Waals surface area contributed by atoms with E-state index in [2.05, 4.69) is 21.9 Å². The topological polar surface area (TPSA) is 104 Å². The first-order chi connectivity index (χ1) is 16.6. The van der Waals surface area contributed by atoms with Gasteiger partial charge in [-0.15, -0.1) is 0 Å². The second kappa shape index (κ2) is 8.39. The normalized spacial score (nSPS) is 18.0. The van der Waals surface area contributed by atoms with Crippen LogP contribution in [0.15, 0.2) is 53.4 Å². The molecule has 0 saturated carbocycles. The van der Waals surface area contributed by atoms with Gasteiger partial charge in [-0.25, -0.2) is 5.26 Å². The van der Waals surface area contributed by atoms with Crippen molar-refractivity contribution in [2.75, 3.05) is 13.3 Å². The maximum Gasteiger partial charge on any atom is 0.269 e. The van der Waals surface area contributed by atoms with Crippen molar-refractivity contribution < 1.29 is 28.7 Å². The van der Waals surface area contributed by atoms with Gasteiger partial charge in [-0.3, -0.25) is 15.0 Å². The molecule has 1 N–H and O–H groups in total. The lowest BCUT2D eigenvalue weighted by Crippen LogP contribution is -2.39. The van der Waals surface area contributed by atoms with Crippen molar-refractivity contribution in [1.82, 2.24) is 4.90 Å². The summed E-state index contributed by atoms with van der Waals surface area (Å²) < 4.78 is 17.2. The lowest BCUT2D eigenvalue weighted by molar-refractivity contribution is -0.384. The van der Waals surface area contributed by atoms with Crippen LogP contribution in [0.1, 0.15) is 28.3 Å². The Kier molecular flexibility index (Phi) is 5.20. The summed E-state index contributed by atoms with van der Waals surface area (Å²) >= 11 is 1.07. The number of non-ortho nitro benzene ring substituents is 1. The zero-order chi connectivity index (χ0) is 23.2. The van der Waals surface area contributed by atoms with Crippen molar-refractivity contribution in [3.63, 3.8) is 0 Å². The van der Waals surface area contributed by atoms with Gasteiger partial charge in [-0.1, -0.05) is 6.07 Å². The van der Waals surface area contributed by atoms with Crippen molar-refractivity contribution in [2.45, 2.75) is 30.3 Å². The first-order valence-electron chi connectivity index (χ1n) is 10.8. The molecule has 1 atom stereocenters. The van der Waals surface area contributed by atoms with Gasteiger partial charge in [0.2, 0.25) is 12.5 Å². The van der Waals surface area contributed by atoms with Crippen LogP contribution in [0.3, 0.4) is 0 Å². The predicted molar refractivity (Wildman–Crippen MR) is 122 cm³/mol. The maximum atomic E-state index is 10.9. The third-order valence-electron chi connectivity index (χ3n) is 6.57. The quantitative estimate of drug-likeness (QED) is 0.236. The summed E-state index contributed by atoms with van der Waals surface area (Å²) in [7, 11) is 0. The van der Waals surface area contributed by atoms with Crippen LogP contribution in [0.4, 0.5) is 5.69 Å². The Balaban J connectivity index is 1.29. The van der Waals surface area contributed by atoms with Gasteiger partial charge < -0.3 is 18.5 Å². The molecule has 1 unspecified atom stereocenters. The number of nitrogens with zero attached hydrogens (tertiary/aromatic N) is 2. The van der Waals surface area contributed by atoms with Crippen LogP contribution in [0.2, 0.25) is 0 Å². The van der Waals surface area contributed by atoms with E-state index in [1.54, 1.807) is 18.2 Å². The third-order valence-corrected chi connectivity index (χ3v) is 7.28. The molecule has 0 aromatic heterocycles. The van der Waals surface area contributed by atoms with Crippen molar-refractivity contribution in [3.8, 4) is 23.0 Å². The largest absolute Gasteiger partial charge is 0.454 e. The standard InChI is InChI=1S/C24H20N2O7S/c27-26(28)16-2-4-17(5-3-16)34-33-24-19-12-25-8-7-15-10-22-23(31-13-30-22)11-18(15)20(25)9-14(19)1-6-21(24)32-29/h1-6,10-11,20,29H,7-9,12-13H2. The van der Waals surface area contributed by atoms with Crippen LogP contribution in [0.5, 0.6) is 23.0 Å². The summed E-state index contributed by atoms with van der Waals surface area (Å²) in [5.74, 6) is 2.29. The first-order valence-corrected chi connectivity index (χ1v) is 11.6. The minimum Gasteiger partial charge on any atom is -0.454 e. The Morgan fingerprint density at radius 2 is 1.88 bits per heavy atom. The summed E-state index contributed by atoms with van der Waals surface area (Å²) in [4.78, 5) is 18.2. The highest BCUT2D eigenvalue weighted by molar-refractivity contribution is 7.95. The van der Waals surface area contributed by atoms with Crippen LogP contribution < -0.4 is 18.5 Å². The van der Waals surface area contributed by atoms with E-state index < -0.39 is 4.92 Å². The molecule has 0 fully saturated rings. The van der Waals surface area contributed by atoms with Crippen LogP contribution in [0.25, 0.3) is 0 Å². The number of nitro groups is 1. The highest BCUT2D eigenvalue weighted by Gasteiger charge is 2.36. The van der Waals surface area contributed by atoms with Crippen LogP contribution in [0, 0.1) is 10.1 Å². The molecule has 0 radical (unpaired) electrons. The highest BCUT2D eigenvalue weighted by atomic mass is 32.2. The van der Waals surface area contributed by atoms with Crippen molar-refractivity contribution in [1.29, 1.82) is 0 Å². The highest BCUT2D eigenvalue weighted by Crippen LogP contribution is 2.47. The smallest absolute Gasteiger partial charge is 0.269 e. The molecule has 0 spiro atoms. The van der Waals surface area contributed by atoms with Crippen LogP contribution in [-0.4, -0.2) is 28.4 Å². The first kappa shape index (κ1) is 21.1. The van der Waals surface area contributed by atoms with Gasteiger partial charge in [-0.05, 0) is 59.9 Å². The zero-order valence-corrected chi connectivity index (χ0v) is 18.7. The molecule has 6 rings (SSSR count). The number of ether oxygens (including phenoxy) is 2.